The zero-order chi connectivity index (χ0) is 14.8. The summed E-state index contributed by atoms with van der Waals surface area (Å²) in [5, 5.41) is 0. The molecule has 3 nitrogen and oxygen atoms in total. The van der Waals surface area contributed by atoms with Gasteiger partial charge in [-0.1, -0.05) is 25.8 Å². The van der Waals surface area contributed by atoms with Crippen molar-refractivity contribution in [3.63, 3.8) is 0 Å². The number of likely N-dealkylation sites (N-methyl/N-ethyl adjacent to an activating group) is 1. The fourth-order valence-corrected chi connectivity index (χ4v) is 3.75. The van der Waals surface area contributed by atoms with Crippen LogP contribution >= 0.6 is 0 Å². The van der Waals surface area contributed by atoms with Crippen molar-refractivity contribution < 1.29 is 9.47 Å². The molecular formula is C18H27NO2. The molecule has 3 heteroatoms. The lowest BCUT2D eigenvalue weighted by Crippen LogP contribution is -2.44. The number of benzene rings is 1. The van der Waals surface area contributed by atoms with Crippen molar-refractivity contribution in [1.29, 1.82) is 0 Å². The number of methoxy groups -OCH3 is 1. The van der Waals surface area contributed by atoms with Crippen molar-refractivity contribution in [2.45, 2.75) is 50.7 Å². The van der Waals surface area contributed by atoms with Gasteiger partial charge in [-0.25, -0.2) is 0 Å². The van der Waals surface area contributed by atoms with Gasteiger partial charge in [-0.2, -0.15) is 0 Å². The second-order valence-corrected chi connectivity index (χ2v) is 6.46. The van der Waals surface area contributed by atoms with E-state index >= 15 is 0 Å². The van der Waals surface area contributed by atoms with Gasteiger partial charge in [0.15, 0.2) is 0 Å². The topological polar surface area (TPSA) is 21.7 Å². The molecule has 1 aromatic carbocycles. The van der Waals surface area contributed by atoms with E-state index in [-0.39, 0.29) is 6.10 Å². The minimum Gasteiger partial charge on any atom is -0.497 e. The van der Waals surface area contributed by atoms with E-state index in [1.54, 1.807) is 7.11 Å². The lowest BCUT2D eigenvalue weighted by Gasteiger charge is -2.44. The second-order valence-electron chi connectivity index (χ2n) is 6.46. The largest absolute Gasteiger partial charge is 0.497 e. The number of fused-ring (bicyclic) bond motifs is 3. The molecule has 2 aliphatic rings. The Morgan fingerprint density at radius 3 is 2.95 bits per heavy atom. The van der Waals surface area contributed by atoms with Crippen molar-refractivity contribution in [3.8, 4) is 5.75 Å². The third-order valence-electron chi connectivity index (χ3n) is 4.95. The molecule has 0 aromatic heterocycles. The number of hydrogen-bond donors (Lipinski definition) is 0. The van der Waals surface area contributed by atoms with Gasteiger partial charge in [0.1, 0.15) is 5.75 Å². The van der Waals surface area contributed by atoms with Crippen LogP contribution < -0.4 is 4.74 Å². The van der Waals surface area contributed by atoms with Gasteiger partial charge >= 0.3 is 0 Å². The maximum Gasteiger partial charge on any atom is 0.119 e. The van der Waals surface area contributed by atoms with Crippen LogP contribution in [0.1, 0.15) is 55.8 Å². The zero-order valence-electron chi connectivity index (χ0n) is 13.5. The van der Waals surface area contributed by atoms with Gasteiger partial charge in [0.05, 0.1) is 19.3 Å². The summed E-state index contributed by atoms with van der Waals surface area (Å²) in [6.45, 7) is 4.47. The minimum atomic E-state index is 0.274. The Bertz CT molecular complexity index is 488. The summed E-state index contributed by atoms with van der Waals surface area (Å²) < 4.78 is 11.9. The molecule has 0 aliphatic carbocycles. The molecule has 0 radical (unpaired) electrons. The van der Waals surface area contributed by atoms with Crippen LogP contribution in [-0.4, -0.2) is 38.3 Å². The molecule has 0 N–H and O–H groups in total. The van der Waals surface area contributed by atoms with Crippen LogP contribution in [-0.2, 0) is 4.74 Å². The van der Waals surface area contributed by atoms with Gasteiger partial charge in [-0.15, -0.1) is 0 Å². The summed E-state index contributed by atoms with van der Waals surface area (Å²) in [5.41, 5.74) is 2.85. The van der Waals surface area contributed by atoms with E-state index in [9.17, 15) is 0 Å². The van der Waals surface area contributed by atoms with Gasteiger partial charge in [-0.05, 0) is 43.1 Å². The van der Waals surface area contributed by atoms with Crippen molar-refractivity contribution in [3.05, 3.63) is 29.3 Å². The van der Waals surface area contributed by atoms with Crippen molar-refractivity contribution >= 4 is 0 Å². The highest BCUT2D eigenvalue weighted by Crippen LogP contribution is 2.44. The number of unbranched alkanes of at least 4 members (excludes halogenated alkanes) is 1. The van der Waals surface area contributed by atoms with E-state index in [0.29, 0.717) is 12.0 Å². The Labute approximate surface area is 128 Å². The van der Waals surface area contributed by atoms with Gasteiger partial charge in [0.25, 0.3) is 0 Å². The van der Waals surface area contributed by atoms with Gasteiger partial charge in [0.2, 0.25) is 0 Å². The number of likely N-dealkylation sites (tertiary alicyclic amines) is 1. The van der Waals surface area contributed by atoms with E-state index in [1.165, 1.54) is 24.0 Å². The molecule has 0 bridgehead atoms. The highest BCUT2D eigenvalue weighted by Gasteiger charge is 2.38. The molecule has 116 valence electrons. The predicted molar refractivity (Wildman–Crippen MR) is 85.0 cm³/mol. The Kier molecular flexibility index (Phi) is 4.51. The summed E-state index contributed by atoms with van der Waals surface area (Å²) in [7, 11) is 3.96. The first-order valence-electron chi connectivity index (χ1n) is 8.24. The molecule has 3 atom stereocenters. The van der Waals surface area contributed by atoms with E-state index < -0.39 is 0 Å². The molecule has 2 heterocycles. The maximum atomic E-state index is 6.47. The lowest BCUT2D eigenvalue weighted by molar-refractivity contribution is -0.0712. The Morgan fingerprint density at radius 1 is 1.33 bits per heavy atom. The Balaban J connectivity index is 1.94. The maximum absolute atomic E-state index is 6.47. The fraction of sp³-hybridized carbons (Fsp3) is 0.667. The third kappa shape index (κ3) is 2.95. The molecule has 21 heavy (non-hydrogen) atoms. The molecule has 2 aliphatic heterocycles. The number of piperidine rings is 1. The third-order valence-corrected chi connectivity index (χ3v) is 4.95. The number of hydrogen-bond acceptors (Lipinski definition) is 3. The zero-order valence-corrected chi connectivity index (χ0v) is 13.5. The number of ether oxygens (including phenoxy) is 2. The van der Waals surface area contributed by atoms with Crippen LogP contribution in [0.4, 0.5) is 0 Å². The standard InChI is InChI=1S/C18H27NO2/c1-4-5-6-17-14-8-7-13(20-3)11-15(14)16-12-19(2)10-9-18(16)21-17/h7-8,11,16-18H,4-6,9-10,12H2,1-3H3/t16-,17?,18+/m1/s1. The van der Waals surface area contributed by atoms with Crippen LogP contribution in [0, 0.1) is 0 Å². The molecule has 1 unspecified atom stereocenters. The monoisotopic (exact) mass is 289 g/mol. The first-order valence-corrected chi connectivity index (χ1v) is 8.24. The first kappa shape index (κ1) is 14.9. The molecule has 0 saturated carbocycles. The molecule has 1 saturated heterocycles. The van der Waals surface area contributed by atoms with Crippen LogP contribution in [0.5, 0.6) is 5.75 Å². The molecule has 0 spiro atoms. The smallest absolute Gasteiger partial charge is 0.119 e. The van der Waals surface area contributed by atoms with Crippen LogP contribution in [0.2, 0.25) is 0 Å². The van der Waals surface area contributed by atoms with Crippen molar-refractivity contribution in [1.82, 2.24) is 4.90 Å². The highest BCUT2D eigenvalue weighted by molar-refractivity contribution is 5.41. The van der Waals surface area contributed by atoms with E-state index in [1.807, 2.05) is 0 Å². The SMILES string of the molecule is CCCCC1O[C@H]2CCN(C)C[C@@H]2c2cc(OC)ccc21. The van der Waals surface area contributed by atoms with Crippen LogP contribution in [0.15, 0.2) is 18.2 Å². The fourth-order valence-electron chi connectivity index (χ4n) is 3.75. The summed E-state index contributed by atoms with van der Waals surface area (Å²) >= 11 is 0. The molecule has 1 aromatic rings. The molecule has 1 fully saturated rings. The van der Waals surface area contributed by atoms with E-state index in [0.717, 1.165) is 31.7 Å². The summed E-state index contributed by atoms with van der Waals surface area (Å²) in [6.07, 6.45) is 5.38. The van der Waals surface area contributed by atoms with E-state index in [4.69, 9.17) is 9.47 Å². The quantitative estimate of drug-likeness (QED) is 0.842. The second kappa shape index (κ2) is 6.37. The van der Waals surface area contributed by atoms with Gasteiger partial charge in [-0.3, -0.25) is 0 Å². The summed E-state index contributed by atoms with van der Waals surface area (Å²) in [5.74, 6) is 1.46. The predicted octanol–water partition coefficient (Wildman–Crippen LogP) is 3.74. The van der Waals surface area contributed by atoms with Crippen molar-refractivity contribution in [2.24, 2.45) is 0 Å². The summed E-state index contributed by atoms with van der Waals surface area (Å²) in [4.78, 5) is 2.42. The Morgan fingerprint density at radius 2 is 2.19 bits per heavy atom. The van der Waals surface area contributed by atoms with Crippen molar-refractivity contribution in [2.75, 3.05) is 27.2 Å². The number of rotatable bonds is 4. The van der Waals surface area contributed by atoms with Gasteiger partial charge in [0, 0.05) is 19.0 Å². The Hall–Kier alpha value is -1.06. The van der Waals surface area contributed by atoms with Crippen LogP contribution in [0.3, 0.4) is 0 Å². The van der Waals surface area contributed by atoms with E-state index in [2.05, 4.69) is 37.1 Å². The number of nitrogens with zero attached hydrogens (tertiary/aromatic N) is 1. The molecule has 3 rings (SSSR count). The molecular weight excluding hydrogens is 262 g/mol. The molecule has 0 amide bonds. The minimum absolute atomic E-state index is 0.274. The average Bonchev–Trinajstić information content (AvgIpc) is 2.52. The van der Waals surface area contributed by atoms with Crippen LogP contribution in [0.25, 0.3) is 0 Å². The normalized spacial score (nSPS) is 28.8. The first-order chi connectivity index (χ1) is 10.2. The highest BCUT2D eigenvalue weighted by atomic mass is 16.5. The summed E-state index contributed by atoms with van der Waals surface area (Å²) in [6, 6.07) is 6.54. The lowest BCUT2D eigenvalue weighted by atomic mass is 9.80. The van der Waals surface area contributed by atoms with Gasteiger partial charge < -0.3 is 14.4 Å². The average molecular weight is 289 g/mol.